The Morgan fingerprint density at radius 2 is 1.71 bits per heavy atom. The molecule has 0 aromatic heterocycles. The van der Waals surface area contributed by atoms with E-state index in [0.717, 1.165) is 6.08 Å². The summed E-state index contributed by atoms with van der Waals surface area (Å²) >= 11 is 5.89. The fourth-order valence-corrected chi connectivity index (χ4v) is 3.98. The predicted octanol–water partition coefficient (Wildman–Crippen LogP) is 6.12. The molecule has 34 heavy (non-hydrogen) atoms. The van der Waals surface area contributed by atoms with Gasteiger partial charge in [-0.3, -0.25) is 15.1 Å². The van der Waals surface area contributed by atoms with Crippen LogP contribution in [0.4, 0.5) is 24.5 Å². The van der Waals surface area contributed by atoms with Gasteiger partial charge in [0.25, 0.3) is 5.91 Å². The van der Waals surface area contributed by atoms with Gasteiger partial charge in [-0.2, -0.15) is 13.2 Å². The van der Waals surface area contributed by atoms with Crippen molar-refractivity contribution in [3.05, 3.63) is 99.6 Å². The summed E-state index contributed by atoms with van der Waals surface area (Å²) in [6, 6.07) is 15.5. The Labute approximate surface area is 199 Å². The van der Waals surface area contributed by atoms with E-state index in [-0.39, 0.29) is 11.3 Å². The van der Waals surface area contributed by atoms with Gasteiger partial charge in [0.2, 0.25) is 5.60 Å². The highest BCUT2D eigenvalue weighted by Crippen LogP contribution is 2.48. The van der Waals surface area contributed by atoms with Gasteiger partial charge in [-0.25, -0.2) is 0 Å². The fourth-order valence-electron chi connectivity index (χ4n) is 3.86. The Morgan fingerprint density at radius 3 is 2.29 bits per heavy atom. The Bertz CT molecular complexity index is 1270. The molecule has 4 rings (SSSR count). The number of amides is 1. The maximum atomic E-state index is 14.4. The Balaban J connectivity index is 1.72. The van der Waals surface area contributed by atoms with Gasteiger partial charge in [-0.1, -0.05) is 41.9 Å². The SMILES string of the molecule is Cc1cc(C2(C(F)(F)F)C=C(c3ccc(Cl)cc3)NO2)cc(C)c1NC(=O)c1cccc(N)c1. The Morgan fingerprint density at radius 1 is 1.06 bits per heavy atom. The van der Waals surface area contributed by atoms with Gasteiger partial charge in [0.15, 0.2) is 0 Å². The zero-order valence-electron chi connectivity index (χ0n) is 18.3. The lowest BCUT2D eigenvalue weighted by molar-refractivity contribution is -0.269. The highest BCUT2D eigenvalue weighted by Gasteiger charge is 2.59. The number of hydrogen-bond donors (Lipinski definition) is 3. The lowest BCUT2D eigenvalue weighted by Gasteiger charge is -2.29. The number of rotatable bonds is 4. The number of hydroxylamine groups is 1. The molecule has 3 aromatic carbocycles. The van der Waals surface area contributed by atoms with Crippen molar-refractivity contribution in [2.75, 3.05) is 11.1 Å². The van der Waals surface area contributed by atoms with Gasteiger partial charge in [0, 0.05) is 27.5 Å². The molecule has 176 valence electrons. The molecule has 1 aliphatic heterocycles. The number of benzene rings is 3. The fraction of sp³-hybridized carbons (Fsp3) is 0.160. The van der Waals surface area contributed by atoms with Crippen LogP contribution in [0.5, 0.6) is 0 Å². The summed E-state index contributed by atoms with van der Waals surface area (Å²) in [4.78, 5) is 17.9. The molecular formula is C25H21ClF3N3O2. The third-order valence-electron chi connectivity index (χ3n) is 5.59. The van der Waals surface area contributed by atoms with Gasteiger partial charge >= 0.3 is 6.18 Å². The highest BCUT2D eigenvalue weighted by molar-refractivity contribution is 6.30. The largest absolute Gasteiger partial charge is 0.428 e. The van der Waals surface area contributed by atoms with Crippen LogP contribution in [0, 0.1) is 13.8 Å². The highest BCUT2D eigenvalue weighted by atomic mass is 35.5. The van der Waals surface area contributed by atoms with Crippen molar-refractivity contribution in [2.24, 2.45) is 0 Å². The number of aryl methyl sites for hydroxylation is 2. The molecule has 1 atom stereocenters. The number of nitrogen functional groups attached to an aromatic ring is 1. The van der Waals surface area contributed by atoms with E-state index >= 15 is 0 Å². The van der Waals surface area contributed by atoms with Crippen LogP contribution < -0.4 is 16.5 Å². The Kier molecular flexibility index (Phi) is 6.05. The minimum absolute atomic E-state index is 0.117. The standard InChI is InChI=1S/C25H21ClF3N3O2/c1-14-10-18(11-15(2)22(14)31-23(33)17-4-3-5-20(30)12-17)24(25(27,28)29)13-21(32-34-24)16-6-8-19(26)9-7-16/h3-13,32H,30H2,1-2H3,(H,31,33). The second-order valence-electron chi connectivity index (χ2n) is 8.07. The van der Waals surface area contributed by atoms with E-state index in [0.29, 0.717) is 38.7 Å². The second-order valence-corrected chi connectivity index (χ2v) is 8.50. The number of anilines is 2. The van der Waals surface area contributed by atoms with Crippen molar-refractivity contribution in [2.45, 2.75) is 25.6 Å². The number of nitrogens with one attached hydrogen (secondary N) is 2. The van der Waals surface area contributed by atoms with Crippen molar-refractivity contribution in [3.63, 3.8) is 0 Å². The zero-order valence-corrected chi connectivity index (χ0v) is 19.0. The van der Waals surface area contributed by atoms with Gasteiger partial charge in [-0.05, 0) is 66.9 Å². The molecule has 0 fully saturated rings. The van der Waals surface area contributed by atoms with Crippen molar-refractivity contribution in [1.29, 1.82) is 0 Å². The molecule has 0 saturated heterocycles. The Hall–Kier alpha value is -3.49. The molecular weight excluding hydrogens is 467 g/mol. The topological polar surface area (TPSA) is 76.4 Å². The van der Waals surface area contributed by atoms with Crippen LogP contribution in [0.2, 0.25) is 5.02 Å². The minimum Gasteiger partial charge on any atom is -0.399 e. The summed E-state index contributed by atoms with van der Waals surface area (Å²) < 4.78 is 43.1. The van der Waals surface area contributed by atoms with Crippen molar-refractivity contribution >= 4 is 34.6 Å². The summed E-state index contributed by atoms with van der Waals surface area (Å²) in [7, 11) is 0. The smallest absolute Gasteiger partial charge is 0.399 e. The van der Waals surface area contributed by atoms with E-state index in [4.69, 9.17) is 22.2 Å². The molecule has 4 N–H and O–H groups in total. The van der Waals surface area contributed by atoms with E-state index in [9.17, 15) is 18.0 Å². The third kappa shape index (κ3) is 4.34. The van der Waals surface area contributed by atoms with E-state index in [2.05, 4.69) is 10.8 Å². The first kappa shape index (κ1) is 23.7. The number of carbonyl (C=O) groups is 1. The summed E-state index contributed by atoms with van der Waals surface area (Å²) in [6.07, 6.45) is -3.76. The number of alkyl halides is 3. The summed E-state index contributed by atoms with van der Waals surface area (Å²) in [5.41, 5.74) is 8.08. The van der Waals surface area contributed by atoms with Crippen LogP contribution in [-0.2, 0) is 10.4 Å². The van der Waals surface area contributed by atoms with Crippen LogP contribution in [0.1, 0.15) is 32.6 Å². The molecule has 5 nitrogen and oxygen atoms in total. The molecule has 0 aliphatic carbocycles. The molecule has 0 radical (unpaired) electrons. The molecule has 9 heteroatoms. The van der Waals surface area contributed by atoms with E-state index in [1.807, 2.05) is 0 Å². The molecule has 3 aromatic rings. The van der Waals surface area contributed by atoms with Crippen LogP contribution in [0.15, 0.2) is 66.7 Å². The summed E-state index contributed by atoms with van der Waals surface area (Å²) in [5.74, 6) is -0.416. The average molecular weight is 488 g/mol. The monoisotopic (exact) mass is 487 g/mol. The van der Waals surface area contributed by atoms with Gasteiger partial charge in [-0.15, -0.1) is 0 Å². The lowest BCUT2D eigenvalue weighted by Crippen LogP contribution is -2.42. The average Bonchev–Trinajstić information content (AvgIpc) is 3.23. The van der Waals surface area contributed by atoms with Crippen LogP contribution >= 0.6 is 11.6 Å². The predicted molar refractivity (Wildman–Crippen MR) is 126 cm³/mol. The number of hydrogen-bond acceptors (Lipinski definition) is 4. The third-order valence-corrected chi connectivity index (χ3v) is 5.85. The van der Waals surface area contributed by atoms with Crippen LogP contribution in [0.3, 0.4) is 0 Å². The number of halogens is 4. The normalized spacial score (nSPS) is 17.8. The molecule has 1 aliphatic rings. The molecule has 0 spiro atoms. The lowest BCUT2D eigenvalue weighted by atomic mass is 9.88. The van der Waals surface area contributed by atoms with Gasteiger partial charge < -0.3 is 11.1 Å². The second kappa shape index (κ2) is 8.70. The maximum absolute atomic E-state index is 14.4. The van der Waals surface area contributed by atoms with Gasteiger partial charge in [0.1, 0.15) is 0 Å². The first-order valence-corrected chi connectivity index (χ1v) is 10.7. The van der Waals surface area contributed by atoms with Crippen molar-refractivity contribution in [3.8, 4) is 0 Å². The molecule has 0 saturated carbocycles. The molecule has 1 heterocycles. The van der Waals surface area contributed by atoms with E-state index in [1.54, 1.807) is 56.3 Å². The minimum atomic E-state index is -4.76. The quantitative estimate of drug-likeness (QED) is 0.387. The number of carbonyl (C=O) groups excluding carboxylic acids is 1. The summed E-state index contributed by atoms with van der Waals surface area (Å²) in [5, 5.41) is 3.24. The van der Waals surface area contributed by atoms with Crippen LogP contribution in [0.25, 0.3) is 5.70 Å². The molecule has 1 unspecified atom stereocenters. The molecule has 1 amide bonds. The van der Waals surface area contributed by atoms with Crippen molar-refractivity contribution < 1.29 is 22.8 Å². The number of nitrogens with two attached hydrogens (primary N) is 1. The van der Waals surface area contributed by atoms with Crippen LogP contribution in [-0.4, -0.2) is 12.1 Å². The first-order chi connectivity index (χ1) is 16.0. The van der Waals surface area contributed by atoms with E-state index < -0.39 is 17.7 Å². The van der Waals surface area contributed by atoms with Crippen molar-refractivity contribution in [1.82, 2.24) is 5.48 Å². The van der Waals surface area contributed by atoms with E-state index in [1.165, 1.54) is 18.2 Å². The maximum Gasteiger partial charge on any atom is 0.428 e. The first-order valence-electron chi connectivity index (χ1n) is 10.3. The summed E-state index contributed by atoms with van der Waals surface area (Å²) in [6.45, 7) is 3.25. The zero-order chi connectivity index (χ0) is 24.7. The van der Waals surface area contributed by atoms with Gasteiger partial charge in [0.05, 0.1) is 5.70 Å². The molecule has 0 bridgehead atoms.